The monoisotopic (exact) mass is 367 g/mol. The summed E-state index contributed by atoms with van der Waals surface area (Å²) in [5, 5.41) is 10.2. The van der Waals surface area contributed by atoms with Gasteiger partial charge >= 0.3 is 0 Å². The standard InChI is InChI=1S/C20H25N5O2/c1-20(2,3)18(12-25-9-8-21-13-25)22-19(26)17-11-16(23-24-17)14-6-5-7-15(10-14)27-4/h5-11,13,18H,12H2,1-4H3,(H,22,26)(H,23,24)/t18-/m0/s1. The SMILES string of the molecule is COc1cccc(-c2cc(C(=O)N[C@@H](Cn3ccnc3)C(C)(C)C)[nH]n2)c1. The molecule has 0 aliphatic carbocycles. The van der Waals surface area contributed by atoms with E-state index in [1.54, 1.807) is 25.7 Å². The maximum atomic E-state index is 12.8. The topological polar surface area (TPSA) is 84.8 Å². The van der Waals surface area contributed by atoms with Gasteiger partial charge in [-0.15, -0.1) is 0 Å². The number of aromatic amines is 1. The third-order valence-corrected chi connectivity index (χ3v) is 4.49. The number of benzene rings is 1. The number of carbonyl (C=O) groups is 1. The van der Waals surface area contributed by atoms with E-state index in [1.165, 1.54) is 0 Å². The van der Waals surface area contributed by atoms with Crippen LogP contribution in [-0.4, -0.2) is 38.8 Å². The van der Waals surface area contributed by atoms with Gasteiger partial charge in [-0.1, -0.05) is 32.9 Å². The van der Waals surface area contributed by atoms with Gasteiger partial charge in [-0.05, 0) is 23.6 Å². The maximum absolute atomic E-state index is 12.8. The Hall–Kier alpha value is -3.09. The normalized spacial score (nSPS) is 12.6. The molecule has 142 valence electrons. The third-order valence-electron chi connectivity index (χ3n) is 4.49. The summed E-state index contributed by atoms with van der Waals surface area (Å²) >= 11 is 0. The average Bonchev–Trinajstić information content (AvgIpc) is 3.32. The van der Waals surface area contributed by atoms with Crippen LogP contribution in [0.1, 0.15) is 31.3 Å². The molecule has 1 aromatic carbocycles. The Balaban J connectivity index is 1.75. The molecule has 0 saturated carbocycles. The number of rotatable bonds is 6. The predicted octanol–water partition coefficient (Wildman–Crippen LogP) is 3.13. The Labute approximate surface area is 158 Å². The fraction of sp³-hybridized carbons (Fsp3) is 0.350. The molecule has 2 aromatic heterocycles. The van der Waals surface area contributed by atoms with E-state index in [2.05, 4.69) is 41.3 Å². The Morgan fingerprint density at radius 1 is 1.33 bits per heavy atom. The van der Waals surface area contributed by atoms with E-state index in [0.29, 0.717) is 17.9 Å². The zero-order valence-corrected chi connectivity index (χ0v) is 16.1. The first kappa shape index (κ1) is 18.7. The molecule has 1 atom stereocenters. The lowest BCUT2D eigenvalue weighted by Crippen LogP contribution is -2.46. The molecular weight excluding hydrogens is 342 g/mol. The van der Waals surface area contributed by atoms with Gasteiger partial charge in [0.25, 0.3) is 5.91 Å². The Bertz CT molecular complexity index is 893. The summed E-state index contributed by atoms with van der Waals surface area (Å²) < 4.78 is 7.21. The lowest BCUT2D eigenvalue weighted by molar-refractivity contribution is 0.0887. The summed E-state index contributed by atoms with van der Waals surface area (Å²) in [6.45, 7) is 6.95. The van der Waals surface area contributed by atoms with Crippen LogP contribution in [0.2, 0.25) is 0 Å². The van der Waals surface area contributed by atoms with Crippen molar-refractivity contribution in [3.8, 4) is 17.0 Å². The van der Waals surface area contributed by atoms with Gasteiger partial charge in [0, 0.05) is 24.5 Å². The number of H-pyrrole nitrogens is 1. The van der Waals surface area contributed by atoms with Gasteiger partial charge in [-0.2, -0.15) is 5.10 Å². The number of ether oxygens (including phenoxy) is 1. The number of amides is 1. The molecule has 7 heteroatoms. The largest absolute Gasteiger partial charge is 0.497 e. The van der Waals surface area contributed by atoms with Crippen molar-refractivity contribution in [2.75, 3.05) is 7.11 Å². The van der Waals surface area contributed by atoms with E-state index in [0.717, 1.165) is 11.3 Å². The molecule has 0 bridgehead atoms. The van der Waals surface area contributed by atoms with Gasteiger partial charge in [0.2, 0.25) is 0 Å². The number of carbonyl (C=O) groups excluding carboxylic acids is 1. The molecule has 0 spiro atoms. The molecule has 0 unspecified atom stereocenters. The van der Waals surface area contributed by atoms with Crippen LogP contribution in [0.5, 0.6) is 5.75 Å². The van der Waals surface area contributed by atoms with Gasteiger partial charge in [-0.25, -0.2) is 4.98 Å². The molecule has 1 amide bonds. The fourth-order valence-corrected chi connectivity index (χ4v) is 2.75. The minimum absolute atomic E-state index is 0.0669. The van der Waals surface area contributed by atoms with Crippen molar-refractivity contribution in [3.05, 3.63) is 54.7 Å². The number of nitrogens with one attached hydrogen (secondary N) is 2. The lowest BCUT2D eigenvalue weighted by Gasteiger charge is -2.31. The first-order valence-corrected chi connectivity index (χ1v) is 8.83. The highest BCUT2D eigenvalue weighted by atomic mass is 16.5. The van der Waals surface area contributed by atoms with Gasteiger partial charge < -0.3 is 14.6 Å². The van der Waals surface area contributed by atoms with Gasteiger partial charge in [0.15, 0.2) is 0 Å². The number of aromatic nitrogens is 4. The summed E-state index contributed by atoms with van der Waals surface area (Å²) in [5.41, 5.74) is 1.89. The first-order chi connectivity index (χ1) is 12.9. The van der Waals surface area contributed by atoms with Crippen LogP contribution in [0, 0.1) is 5.41 Å². The van der Waals surface area contributed by atoms with Crippen LogP contribution in [0.25, 0.3) is 11.3 Å². The van der Waals surface area contributed by atoms with Crippen LogP contribution in [0.4, 0.5) is 0 Å². The molecule has 3 rings (SSSR count). The number of imidazole rings is 1. The second-order valence-electron chi connectivity index (χ2n) is 7.55. The van der Waals surface area contributed by atoms with Crippen molar-refractivity contribution in [1.82, 2.24) is 25.1 Å². The van der Waals surface area contributed by atoms with E-state index in [9.17, 15) is 4.79 Å². The number of nitrogens with zero attached hydrogens (tertiary/aromatic N) is 3. The van der Waals surface area contributed by atoms with Crippen LogP contribution in [0.15, 0.2) is 49.1 Å². The molecule has 27 heavy (non-hydrogen) atoms. The van der Waals surface area contributed by atoms with Crippen molar-refractivity contribution in [2.45, 2.75) is 33.4 Å². The maximum Gasteiger partial charge on any atom is 0.269 e. The molecule has 2 heterocycles. The minimum atomic E-state index is -0.184. The van der Waals surface area contributed by atoms with Crippen molar-refractivity contribution < 1.29 is 9.53 Å². The van der Waals surface area contributed by atoms with E-state index in [1.807, 2.05) is 35.0 Å². The molecule has 0 saturated heterocycles. The number of hydrogen-bond acceptors (Lipinski definition) is 4. The summed E-state index contributed by atoms with van der Waals surface area (Å²) in [7, 11) is 1.62. The zero-order chi connectivity index (χ0) is 19.4. The second kappa shape index (κ2) is 7.65. The molecule has 3 aromatic rings. The Morgan fingerprint density at radius 3 is 2.81 bits per heavy atom. The molecule has 0 fully saturated rings. The number of methoxy groups -OCH3 is 1. The van der Waals surface area contributed by atoms with E-state index < -0.39 is 0 Å². The molecule has 7 nitrogen and oxygen atoms in total. The quantitative estimate of drug-likeness (QED) is 0.701. The summed E-state index contributed by atoms with van der Waals surface area (Å²) in [6.07, 6.45) is 5.38. The summed E-state index contributed by atoms with van der Waals surface area (Å²) in [5.74, 6) is 0.561. The van der Waals surface area contributed by atoms with Crippen LogP contribution < -0.4 is 10.1 Å². The van der Waals surface area contributed by atoms with Crippen molar-refractivity contribution >= 4 is 5.91 Å². The van der Waals surface area contributed by atoms with E-state index in [-0.39, 0.29) is 17.4 Å². The minimum Gasteiger partial charge on any atom is -0.497 e. The highest BCUT2D eigenvalue weighted by molar-refractivity contribution is 5.93. The zero-order valence-electron chi connectivity index (χ0n) is 16.1. The summed E-state index contributed by atoms with van der Waals surface area (Å²) in [4.78, 5) is 16.8. The second-order valence-corrected chi connectivity index (χ2v) is 7.55. The predicted molar refractivity (Wildman–Crippen MR) is 104 cm³/mol. The fourth-order valence-electron chi connectivity index (χ4n) is 2.75. The smallest absolute Gasteiger partial charge is 0.269 e. The van der Waals surface area contributed by atoms with Crippen molar-refractivity contribution in [1.29, 1.82) is 0 Å². The summed E-state index contributed by atoms with van der Waals surface area (Å²) in [6, 6.07) is 9.26. The highest BCUT2D eigenvalue weighted by Gasteiger charge is 2.27. The van der Waals surface area contributed by atoms with Gasteiger partial charge in [0.1, 0.15) is 11.4 Å². The lowest BCUT2D eigenvalue weighted by atomic mass is 9.86. The van der Waals surface area contributed by atoms with Crippen molar-refractivity contribution in [2.24, 2.45) is 5.41 Å². The first-order valence-electron chi connectivity index (χ1n) is 8.83. The van der Waals surface area contributed by atoms with Gasteiger partial charge in [-0.3, -0.25) is 9.89 Å². The Kier molecular flexibility index (Phi) is 5.30. The number of hydrogen-bond donors (Lipinski definition) is 2. The van der Waals surface area contributed by atoms with Crippen LogP contribution in [-0.2, 0) is 6.54 Å². The highest BCUT2D eigenvalue weighted by Crippen LogP contribution is 2.24. The Morgan fingerprint density at radius 2 is 2.15 bits per heavy atom. The van der Waals surface area contributed by atoms with E-state index in [4.69, 9.17) is 4.74 Å². The van der Waals surface area contributed by atoms with E-state index >= 15 is 0 Å². The van der Waals surface area contributed by atoms with Crippen LogP contribution >= 0.6 is 0 Å². The average molecular weight is 367 g/mol. The van der Waals surface area contributed by atoms with Crippen molar-refractivity contribution in [3.63, 3.8) is 0 Å². The van der Waals surface area contributed by atoms with Crippen LogP contribution in [0.3, 0.4) is 0 Å². The molecule has 0 radical (unpaired) electrons. The third kappa shape index (κ3) is 4.55. The molecule has 2 N–H and O–H groups in total. The van der Waals surface area contributed by atoms with Gasteiger partial charge in [0.05, 0.1) is 25.2 Å². The molecular formula is C20H25N5O2. The molecule has 0 aliphatic heterocycles. The molecule has 0 aliphatic rings.